The first-order valence-electron chi connectivity index (χ1n) is 6.04. The standard InChI is InChI=1S/C13H22O4/c1-12(2)9(11(16)17-4)5-7-13(12,3)8-6-10(14)15/h9H,5-8H2,1-4H3,(H,14,15)/t9-,13+/m1/s1. The van der Waals surface area contributed by atoms with Crippen LogP contribution in [-0.4, -0.2) is 24.2 Å². The van der Waals surface area contributed by atoms with Crippen molar-refractivity contribution in [2.75, 3.05) is 7.11 Å². The second kappa shape index (κ2) is 4.67. The van der Waals surface area contributed by atoms with Crippen LogP contribution in [0.4, 0.5) is 0 Å². The summed E-state index contributed by atoms with van der Waals surface area (Å²) in [5.41, 5.74) is -0.320. The molecule has 1 fully saturated rings. The lowest BCUT2D eigenvalue weighted by Crippen LogP contribution is -2.38. The Balaban J connectivity index is 2.83. The van der Waals surface area contributed by atoms with Crippen molar-refractivity contribution in [3.8, 4) is 0 Å². The van der Waals surface area contributed by atoms with Crippen LogP contribution in [0.1, 0.15) is 46.5 Å². The van der Waals surface area contributed by atoms with Gasteiger partial charge in [-0.2, -0.15) is 0 Å². The molecule has 0 aromatic heterocycles. The van der Waals surface area contributed by atoms with Crippen LogP contribution < -0.4 is 0 Å². The molecule has 0 saturated heterocycles. The number of carboxylic acid groups (broad SMARTS) is 1. The van der Waals surface area contributed by atoms with E-state index in [0.717, 1.165) is 12.8 Å². The fourth-order valence-corrected chi connectivity index (χ4v) is 2.95. The number of rotatable bonds is 4. The highest BCUT2D eigenvalue weighted by atomic mass is 16.5. The third kappa shape index (κ3) is 2.45. The first kappa shape index (κ1) is 14.0. The second-order valence-corrected chi connectivity index (χ2v) is 5.79. The average Bonchev–Trinajstić information content (AvgIpc) is 2.47. The van der Waals surface area contributed by atoms with Gasteiger partial charge < -0.3 is 9.84 Å². The number of carbonyl (C=O) groups is 2. The molecule has 0 spiro atoms. The van der Waals surface area contributed by atoms with Crippen molar-refractivity contribution < 1.29 is 19.4 Å². The van der Waals surface area contributed by atoms with Gasteiger partial charge in [0, 0.05) is 6.42 Å². The van der Waals surface area contributed by atoms with Crippen LogP contribution >= 0.6 is 0 Å². The number of hydrogen-bond acceptors (Lipinski definition) is 3. The SMILES string of the molecule is COC(=O)[C@H]1CC[C@@](C)(CCC(=O)O)C1(C)C. The number of esters is 1. The zero-order valence-electron chi connectivity index (χ0n) is 11.1. The maximum Gasteiger partial charge on any atom is 0.309 e. The molecule has 17 heavy (non-hydrogen) atoms. The number of methoxy groups -OCH3 is 1. The third-order valence-corrected chi connectivity index (χ3v) is 4.79. The summed E-state index contributed by atoms with van der Waals surface area (Å²) in [7, 11) is 1.41. The van der Waals surface area contributed by atoms with Gasteiger partial charge in [-0.1, -0.05) is 20.8 Å². The molecule has 4 nitrogen and oxygen atoms in total. The number of ether oxygens (including phenoxy) is 1. The topological polar surface area (TPSA) is 63.6 Å². The van der Waals surface area contributed by atoms with Crippen LogP contribution in [-0.2, 0) is 14.3 Å². The average molecular weight is 242 g/mol. The minimum Gasteiger partial charge on any atom is -0.481 e. The summed E-state index contributed by atoms with van der Waals surface area (Å²) in [6.07, 6.45) is 2.44. The third-order valence-electron chi connectivity index (χ3n) is 4.79. The first-order valence-corrected chi connectivity index (χ1v) is 6.04. The Kier molecular flexibility index (Phi) is 3.84. The van der Waals surface area contributed by atoms with Crippen LogP contribution in [0.3, 0.4) is 0 Å². The molecule has 1 N–H and O–H groups in total. The molecule has 1 rings (SSSR count). The summed E-state index contributed by atoms with van der Waals surface area (Å²) in [6.45, 7) is 6.17. The van der Waals surface area contributed by atoms with Crippen molar-refractivity contribution in [1.29, 1.82) is 0 Å². The van der Waals surface area contributed by atoms with Gasteiger partial charge in [-0.3, -0.25) is 9.59 Å². The van der Waals surface area contributed by atoms with Crippen molar-refractivity contribution in [1.82, 2.24) is 0 Å². The van der Waals surface area contributed by atoms with Crippen molar-refractivity contribution >= 4 is 11.9 Å². The van der Waals surface area contributed by atoms with E-state index in [1.54, 1.807) is 0 Å². The van der Waals surface area contributed by atoms with E-state index in [9.17, 15) is 9.59 Å². The summed E-state index contributed by atoms with van der Waals surface area (Å²) >= 11 is 0. The summed E-state index contributed by atoms with van der Waals surface area (Å²) in [5, 5.41) is 8.79. The maximum atomic E-state index is 11.7. The molecule has 4 heteroatoms. The van der Waals surface area contributed by atoms with Gasteiger partial charge in [-0.25, -0.2) is 0 Å². The Morgan fingerprint density at radius 1 is 1.35 bits per heavy atom. The zero-order chi connectivity index (χ0) is 13.3. The van der Waals surface area contributed by atoms with Gasteiger partial charge >= 0.3 is 11.9 Å². The van der Waals surface area contributed by atoms with Gasteiger partial charge in [0.1, 0.15) is 0 Å². The molecule has 0 radical (unpaired) electrons. The molecule has 0 unspecified atom stereocenters. The molecule has 1 aliphatic rings. The molecular weight excluding hydrogens is 220 g/mol. The van der Waals surface area contributed by atoms with E-state index in [1.165, 1.54) is 7.11 Å². The second-order valence-electron chi connectivity index (χ2n) is 5.79. The van der Waals surface area contributed by atoms with Gasteiger partial charge in [0.05, 0.1) is 13.0 Å². The number of aliphatic carboxylic acids is 1. The van der Waals surface area contributed by atoms with E-state index in [2.05, 4.69) is 6.92 Å². The summed E-state index contributed by atoms with van der Waals surface area (Å²) in [4.78, 5) is 22.4. The van der Waals surface area contributed by atoms with E-state index in [0.29, 0.717) is 6.42 Å². The van der Waals surface area contributed by atoms with Crippen LogP contribution in [0, 0.1) is 16.7 Å². The van der Waals surface area contributed by atoms with Gasteiger partial charge in [-0.15, -0.1) is 0 Å². The largest absolute Gasteiger partial charge is 0.481 e. The highest BCUT2D eigenvalue weighted by molar-refractivity contribution is 5.74. The van der Waals surface area contributed by atoms with E-state index in [-0.39, 0.29) is 29.1 Å². The Morgan fingerprint density at radius 3 is 2.41 bits per heavy atom. The molecule has 2 atom stereocenters. The van der Waals surface area contributed by atoms with Crippen molar-refractivity contribution in [2.24, 2.45) is 16.7 Å². The van der Waals surface area contributed by atoms with Crippen molar-refractivity contribution in [3.63, 3.8) is 0 Å². The Morgan fingerprint density at radius 2 is 1.94 bits per heavy atom. The van der Waals surface area contributed by atoms with E-state index in [4.69, 9.17) is 9.84 Å². The summed E-state index contributed by atoms with van der Waals surface area (Å²) < 4.78 is 4.83. The number of carbonyl (C=O) groups excluding carboxylic acids is 1. The minimum absolute atomic E-state index is 0.107. The number of hydrogen-bond donors (Lipinski definition) is 1. The maximum absolute atomic E-state index is 11.7. The van der Waals surface area contributed by atoms with Crippen molar-refractivity contribution in [3.05, 3.63) is 0 Å². The lowest BCUT2D eigenvalue weighted by molar-refractivity contribution is -0.150. The molecular formula is C13H22O4. The monoisotopic (exact) mass is 242 g/mol. The molecule has 1 aliphatic carbocycles. The zero-order valence-corrected chi connectivity index (χ0v) is 11.1. The van der Waals surface area contributed by atoms with Crippen LogP contribution in [0.5, 0.6) is 0 Å². The summed E-state index contributed by atoms with van der Waals surface area (Å²) in [5.74, 6) is -1.07. The van der Waals surface area contributed by atoms with Crippen LogP contribution in [0.15, 0.2) is 0 Å². The predicted octanol–water partition coefficient (Wildman–Crippen LogP) is 2.47. The molecule has 0 aromatic carbocycles. The Hall–Kier alpha value is -1.06. The fraction of sp³-hybridized carbons (Fsp3) is 0.846. The molecule has 0 bridgehead atoms. The molecule has 0 aromatic rings. The van der Waals surface area contributed by atoms with Gasteiger partial charge in [0.15, 0.2) is 0 Å². The summed E-state index contributed by atoms with van der Waals surface area (Å²) in [6, 6.07) is 0. The Labute approximate surface area is 102 Å². The van der Waals surface area contributed by atoms with Crippen molar-refractivity contribution in [2.45, 2.75) is 46.5 Å². The molecule has 0 aliphatic heterocycles. The highest BCUT2D eigenvalue weighted by Crippen LogP contribution is 2.58. The molecule has 0 heterocycles. The van der Waals surface area contributed by atoms with Crippen LogP contribution in [0.2, 0.25) is 0 Å². The first-order chi connectivity index (χ1) is 7.74. The molecule has 1 saturated carbocycles. The normalized spacial score (nSPS) is 31.2. The Bertz CT molecular complexity index is 321. The van der Waals surface area contributed by atoms with Crippen LogP contribution in [0.25, 0.3) is 0 Å². The van der Waals surface area contributed by atoms with Gasteiger partial charge in [0.25, 0.3) is 0 Å². The molecule has 98 valence electrons. The lowest BCUT2D eigenvalue weighted by atomic mass is 9.64. The van der Waals surface area contributed by atoms with E-state index in [1.807, 2.05) is 13.8 Å². The molecule has 0 amide bonds. The highest BCUT2D eigenvalue weighted by Gasteiger charge is 2.54. The van der Waals surface area contributed by atoms with E-state index >= 15 is 0 Å². The van der Waals surface area contributed by atoms with Gasteiger partial charge in [-0.05, 0) is 30.1 Å². The minimum atomic E-state index is -0.774. The lowest BCUT2D eigenvalue weighted by Gasteiger charge is -2.40. The number of carboxylic acids is 1. The smallest absolute Gasteiger partial charge is 0.309 e. The van der Waals surface area contributed by atoms with Gasteiger partial charge in [0.2, 0.25) is 0 Å². The van der Waals surface area contributed by atoms with E-state index < -0.39 is 5.97 Å². The predicted molar refractivity (Wildman–Crippen MR) is 63.5 cm³/mol. The quantitative estimate of drug-likeness (QED) is 0.769. The fourth-order valence-electron chi connectivity index (χ4n) is 2.95.